The third kappa shape index (κ3) is 2.42. The third-order valence-corrected chi connectivity index (χ3v) is 5.99. The second-order valence-electron chi connectivity index (χ2n) is 7.60. The Bertz CT molecular complexity index is 330. The summed E-state index contributed by atoms with van der Waals surface area (Å²) in [5, 5.41) is 3.38. The topological polar surface area (TPSA) is 55.1 Å². The van der Waals surface area contributed by atoms with Gasteiger partial charge in [0.25, 0.3) is 0 Å². The molecule has 0 radical (unpaired) electrons. The van der Waals surface area contributed by atoms with Crippen LogP contribution in [0.1, 0.15) is 58.8 Å². The van der Waals surface area contributed by atoms with E-state index in [1.54, 1.807) is 0 Å². The zero-order chi connectivity index (χ0) is 13.6. The molecule has 0 aliphatic heterocycles. The van der Waals surface area contributed by atoms with E-state index in [0.29, 0.717) is 0 Å². The quantitative estimate of drug-likeness (QED) is 0.819. The normalized spacial score (nSPS) is 43.0. The number of hydrogen-bond donors (Lipinski definition) is 2. The molecule has 3 N–H and O–H groups in total. The maximum Gasteiger partial charge on any atom is 0.237 e. The molecule has 19 heavy (non-hydrogen) atoms. The number of carbonyl (C=O) groups is 1. The van der Waals surface area contributed by atoms with Crippen LogP contribution in [0.3, 0.4) is 0 Å². The van der Waals surface area contributed by atoms with Crippen molar-refractivity contribution in [1.82, 2.24) is 5.32 Å². The highest BCUT2D eigenvalue weighted by molar-refractivity contribution is 5.82. The standard InChI is InChI=1S/C16H28N2O/c1-3-10(2)14(17)15(19)18-16-7-11-4-12(8-16)6-13(5-11)9-16/h10-14H,3-9,17H2,1-2H3,(H,18,19). The first-order chi connectivity index (χ1) is 9.01. The first-order valence-corrected chi connectivity index (χ1v) is 8.09. The van der Waals surface area contributed by atoms with Gasteiger partial charge in [-0.25, -0.2) is 0 Å². The van der Waals surface area contributed by atoms with Gasteiger partial charge in [0.15, 0.2) is 0 Å². The molecule has 108 valence electrons. The summed E-state index contributed by atoms with van der Waals surface area (Å²) in [4.78, 5) is 12.4. The summed E-state index contributed by atoms with van der Waals surface area (Å²) in [6, 6.07) is -0.335. The summed E-state index contributed by atoms with van der Waals surface area (Å²) < 4.78 is 0. The highest BCUT2D eigenvalue weighted by Gasteiger charge is 2.51. The van der Waals surface area contributed by atoms with Crippen molar-refractivity contribution in [3.63, 3.8) is 0 Å². The minimum absolute atomic E-state index is 0.0938. The van der Waals surface area contributed by atoms with Crippen LogP contribution in [0.2, 0.25) is 0 Å². The lowest BCUT2D eigenvalue weighted by Gasteiger charge is -2.57. The largest absolute Gasteiger partial charge is 0.349 e. The first kappa shape index (κ1) is 13.4. The van der Waals surface area contributed by atoms with Crippen LogP contribution in [0.4, 0.5) is 0 Å². The van der Waals surface area contributed by atoms with Gasteiger partial charge in [0, 0.05) is 5.54 Å². The monoisotopic (exact) mass is 264 g/mol. The molecule has 0 aromatic carbocycles. The predicted molar refractivity (Wildman–Crippen MR) is 76.5 cm³/mol. The fourth-order valence-corrected chi connectivity index (χ4v) is 5.12. The SMILES string of the molecule is CCC(C)C(N)C(=O)NC12CC3CC(CC(C3)C1)C2. The van der Waals surface area contributed by atoms with E-state index in [9.17, 15) is 4.79 Å². The Balaban J connectivity index is 1.67. The molecule has 3 heteroatoms. The Morgan fingerprint density at radius 2 is 1.68 bits per heavy atom. The lowest BCUT2D eigenvalue weighted by Crippen LogP contribution is -2.62. The van der Waals surface area contributed by atoms with Crippen molar-refractivity contribution in [1.29, 1.82) is 0 Å². The van der Waals surface area contributed by atoms with Crippen molar-refractivity contribution in [3.8, 4) is 0 Å². The molecule has 2 atom stereocenters. The summed E-state index contributed by atoms with van der Waals surface area (Å²) in [6.07, 6.45) is 8.81. The zero-order valence-corrected chi connectivity index (χ0v) is 12.3. The molecule has 0 spiro atoms. The molecule has 4 bridgehead atoms. The number of carbonyl (C=O) groups excluding carboxylic acids is 1. The number of amides is 1. The van der Waals surface area contributed by atoms with Gasteiger partial charge in [-0.1, -0.05) is 20.3 Å². The Morgan fingerprint density at radius 1 is 1.21 bits per heavy atom. The van der Waals surface area contributed by atoms with E-state index < -0.39 is 0 Å². The maximum absolute atomic E-state index is 12.4. The molecule has 3 nitrogen and oxygen atoms in total. The van der Waals surface area contributed by atoms with E-state index in [4.69, 9.17) is 5.73 Å². The van der Waals surface area contributed by atoms with Gasteiger partial charge in [0.2, 0.25) is 5.91 Å². The Morgan fingerprint density at radius 3 is 2.11 bits per heavy atom. The fraction of sp³-hybridized carbons (Fsp3) is 0.938. The lowest BCUT2D eigenvalue weighted by molar-refractivity contribution is -0.129. The van der Waals surface area contributed by atoms with Crippen LogP contribution in [0, 0.1) is 23.7 Å². The molecular weight excluding hydrogens is 236 g/mol. The van der Waals surface area contributed by atoms with Crippen molar-refractivity contribution in [2.24, 2.45) is 29.4 Å². The zero-order valence-electron chi connectivity index (χ0n) is 12.3. The average Bonchev–Trinajstić information content (AvgIpc) is 2.34. The van der Waals surface area contributed by atoms with Crippen LogP contribution in [0.5, 0.6) is 0 Å². The average molecular weight is 264 g/mol. The van der Waals surface area contributed by atoms with Crippen LogP contribution in [-0.4, -0.2) is 17.5 Å². The van der Waals surface area contributed by atoms with Crippen molar-refractivity contribution in [2.75, 3.05) is 0 Å². The van der Waals surface area contributed by atoms with Gasteiger partial charge in [0.1, 0.15) is 0 Å². The van der Waals surface area contributed by atoms with E-state index in [0.717, 1.165) is 24.2 Å². The molecular formula is C16H28N2O. The van der Waals surface area contributed by atoms with E-state index in [1.807, 2.05) is 0 Å². The highest BCUT2D eigenvalue weighted by Crippen LogP contribution is 2.55. The van der Waals surface area contributed by atoms with E-state index in [-0.39, 0.29) is 23.4 Å². The summed E-state index contributed by atoms with van der Waals surface area (Å²) in [7, 11) is 0. The van der Waals surface area contributed by atoms with E-state index in [1.165, 1.54) is 38.5 Å². The van der Waals surface area contributed by atoms with Crippen molar-refractivity contribution in [3.05, 3.63) is 0 Å². The van der Waals surface area contributed by atoms with Gasteiger partial charge in [-0.3, -0.25) is 4.79 Å². The number of nitrogens with two attached hydrogens (primary N) is 1. The van der Waals surface area contributed by atoms with Gasteiger partial charge < -0.3 is 11.1 Å². The van der Waals surface area contributed by atoms with E-state index >= 15 is 0 Å². The van der Waals surface area contributed by atoms with Crippen LogP contribution < -0.4 is 11.1 Å². The molecule has 0 saturated heterocycles. The molecule has 0 aromatic rings. The van der Waals surface area contributed by atoms with Gasteiger partial charge in [-0.15, -0.1) is 0 Å². The Hall–Kier alpha value is -0.570. The van der Waals surface area contributed by atoms with Crippen LogP contribution >= 0.6 is 0 Å². The van der Waals surface area contributed by atoms with Gasteiger partial charge in [-0.05, 0) is 62.2 Å². The first-order valence-electron chi connectivity index (χ1n) is 8.09. The second kappa shape index (κ2) is 4.76. The maximum atomic E-state index is 12.4. The smallest absolute Gasteiger partial charge is 0.237 e. The van der Waals surface area contributed by atoms with Crippen LogP contribution in [-0.2, 0) is 4.79 Å². The predicted octanol–water partition coefficient (Wildman–Crippen LogP) is 2.44. The summed E-state index contributed by atoms with van der Waals surface area (Å²) in [5.74, 6) is 2.97. The molecule has 4 fully saturated rings. The van der Waals surface area contributed by atoms with Gasteiger partial charge in [0.05, 0.1) is 6.04 Å². The molecule has 4 saturated carbocycles. The third-order valence-electron chi connectivity index (χ3n) is 5.99. The summed E-state index contributed by atoms with van der Waals surface area (Å²) >= 11 is 0. The van der Waals surface area contributed by atoms with Gasteiger partial charge >= 0.3 is 0 Å². The molecule has 2 unspecified atom stereocenters. The minimum Gasteiger partial charge on any atom is -0.349 e. The van der Waals surface area contributed by atoms with Crippen molar-refractivity contribution < 1.29 is 4.79 Å². The van der Waals surface area contributed by atoms with Crippen molar-refractivity contribution >= 4 is 5.91 Å². The van der Waals surface area contributed by atoms with Crippen LogP contribution in [0.15, 0.2) is 0 Å². The van der Waals surface area contributed by atoms with Crippen molar-refractivity contribution in [2.45, 2.75) is 70.4 Å². The summed E-state index contributed by atoms with van der Waals surface area (Å²) in [6.45, 7) is 4.17. The van der Waals surface area contributed by atoms with E-state index in [2.05, 4.69) is 19.2 Å². The number of rotatable bonds is 4. The number of nitrogens with one attached hydrogen (secondary N) is 1. The van der Waals surface area contributed by atoms with Crippen LogP contribution in [0.25, 0.3) is 0 Å². The molecule has 4 aliphatic carbocycles. The Kier molecular flexibility index (Phi) is 3.36. The lowest BCUT2D eigenvalue weighted by atomic mass is 9.53. The fourth-order valence-electron chi connectivity index (χ4n) is 5.12. The molecule has 1 amide bonds. The summed E-state index contributed by atoms with van der Waals surface area (Å²) in [5.41, 5.74) is 6.20. The Labute approximate surface area is 116 Å². The molecule has 4 rings (SSSR count). The molecule has 4 aliphatic rings. The minimum atomic E-state index is -0.335. The van der Waals surface area contributed by atoms with Gasteiger partial charge in [-0.2, -0.15) is 0 Å². The highest BCUT2D eigenvalue weighted by atomic mass is 16.2. The molecule has 0 aromatic heterocycles. The molecule has 0 heterocycles. The second-order valence-corrected chi connectivity index (χ2v) is 7.60. The number of hydrogen-bond acceptors (Lipinski definition) is 2.